The van der Waals surface area contributed by atoms with Gasteiger partial charge in [0, 0.05) is 20.0 Å². The summed E-state index contributed by atoms with van der Waals surface area (Å²) in [6, 6.07) is 0. The second-order valence-corrected chi connectivity index (χ2v) is 3.26. The number of hydrogen-bond acceptors (Lipinski definition) is 2. The van der Waals surface area contributed by atoms with Crippen molar-refractivity contribution in [3.63, 3.8) is 0 Å². The van der Waals surface area contributed by atoms with Gasteiger partial charge in [0.15, 0.2) is 0 Å². The summed E-state index contributed by atoms with van der Waals surface area (Å²) in [5.41, 5.74) is 0. The predicted molar refractivity (Wildman–Crippen MR) is 46.5 cm³/mol. The first-order valence-electron chi connectivity index (χ1n) is 3.89. The molecular formula is C8H18N2O. The van der Waals surface area contributed by atoms with E-state index in [0.717, 1.165) is 19.4 Å². The molecule has 11 heavy (non-hydrogen) atoms. The van der Waals surface area contributed by atoms with Gasteiger partial charge in [-0.1, -0.05) is 0 Å². The van der Waals surface area contributed by atoms with Crippen LogP contribution in [0.1, 0.15) is 12.8 Å². The zero-order chi connectivity index (χ0) is 8.85. The normalized spacial score (nSPS) is 16.8. The van der Waals surface area contributed by atoms with Crippen LogP contribution in [0.2, 0.25) is 0 Å². The molecule has 0 saturated carbocycles. The molecule has 1 rings (SSSR count). The summed E-state index contributed by atoms with van der Waals surface area (Å²) in [6.45, 7) is 0.957. The first-order valence-corrected chi connectivity index (χ1v) is 3.89. The molecule has 0 atom stereocenters. The lowest BCUT2D eigenvalue weighted by molar-refractivity contribution is -0.126. The van der Waals surface area contributed by atoms with Crippen LogP contribution in [-0.2, 0) is 4.79 Å². The van der Waals surface area contributed by atoms with Gasteiger partial charge in [-0.2, -0.15) is 0 Å². The van der Waals surface area contributed by atoms with Crippen molar-refractivity contribution in [1.29, 1.82) is 0 Å². The van der Waals surface area contributed by atoms with E-state index in [-0.39, 0.29) is 0 Å². The van der Waals surface area contributed by atoms with Crippen molar-refractivity contribution in [2.45, 2.75) is 12.8 Å². The van der Waals surface area contributed by atoms with Gasteiger partial charge >= 0.3 is 0 Å². The summed E-state index contributed by atoms with van der Waals surface area (Å²) >= 11 is 0. The number of likely N-dealkylation sites (tertiary alicyclic amines) is 1. The van der Waals surface area contributed by atoms with E-state index in [1.165, 1.54) is 0 Å². The lowest BCUT2D eigenvalue weighted by Crippen LogP contribution is -2.17. The van der Waals surface area contributed by atoms with E-state index >= 15 is 0 Å². The van der Waals surface area contributed by atoms with Crippen LogP contribution in [0, 0.1) is 0 Å². The predicted octanol–water partition coefficient (Wildman–Crippen LogP) is 0.416. The molecule has 0 bridgehead atoms. The van der Waals surface area contributed by atoms with Crippen LogP contribution >= 0.6 is 0 Å². The summed E-state index contributed by atoms with van der Waals surface area (Å²) in [6.07, 6.45) is 1.81. The maximum Gasteiger partial charge on any atom is 0.222 e. The molecule has 1 amide bonds. The number of rotatable bonds is 0. The summed E-state index contributed by atoms with van der Waals surface area (Å²) in [5.74, 6) is 0.292. The van der Waals surface area contributed by atoms with Crippen molar-refractivity contribution in [3.05, 3.63) is 0 Å². The third-order valence-electron chi connectivity index (χ3n) is 1.31. The molecule has 1 saturated heterocycles. The number of amides is 1. The third-order valence-corrected chi connectivity index (χ3v) is 1.31. The lowest BCUT2D eigenvalue weighted by atomic mass is 10.4. The highest BCUT2D eigenvalue weighted by Crippen LogP contribution is 2.04. The van der Waals surface area contributed by atoms with Crippen LogP contribution in [0.15, 0.2) is 0 Å². The maximum absolute atomic E-state index is 10.5. The zero-order valence-electron chi connectivity index (χ0n) is 7.92. The van der Waals surface area contributed by atoms with Crippen molar-refractivity contribution in [2.24, 2.45) is 0 Å². The smallest absolute Gasteiger partial charge is 0.222 e. The Kier molecular flexibility index (Phi) is 4.86. The van der Waals surface area contributed by atoms with Gasteiger partial charge in [-0.25, -0.2) is 0 Å². The molecule has 0 N–H and O–H groups in total. The van der Waals surface area contributed by atoms with E-state index in [1.54, 1.807) is 4.90 Å². The highest BCUT2D eigenvalue weighted by Gasteiger charge is 2.14. The number of nitrogens with zero attached hydrogens (tertiary/aromatic N) is 2. The van der Waals surface area contributed by atoms with Gasteiger partial charge in [-0.3, -0.25) is 4.79 Å². The Labute approximate surface area is 69.0 Å². The maximum atomic E-state index is 10.5. The van der Waals surface area contributed by atoms with E-state index in [2.05, 4.69) is 0 Å². The molecule has 0 unspecified atom stereocenters. The number of hydrogen-bond donors (Lipinski definition) is 0. The van der Waals surface area contributed by atoms with Crippen molar-refractivity contribution in [2.75, 3.05) is 34.7 Å². The van der Waals surface area contributed by atoms with Gasteiger partial charge in [-0.15, -0.1) is 0 Å². The third kappa shape index (κ3) is 5.85. The van der Waals surface area contributed by atoms with E-state index < -0.39 is 0 Å². The van der Waals surface area contributed by atoms with E-state index in [9.17, 15) is 4.79 Å². The van der Waals surface area contributed by atoms with Crippen LogP contribution in [0.3, 0.4) is 0 Å². The number of carbonyl (C=O) groups excluding carboxylic acids is 1. The lowest BCUT2D eigenvalue weighted by Gasteiger charge is -2.03. The molecule has 0 aromatic carbocycles. The van der Waals surface area contributed by atoms with Crippen LogP contribution in [0.25, 0.3) is 0 Å². The molecule has 0 radical (unpaired) electrons. The van der Waals surface area contributed by atoms with Crippen LogP contribution in [0.5, 0.6) is 0 Å². The molecule has 0 aliphatic carbocycles. The average molecular weight is 158 g/mol. The van der Waals surface area contributed by atoms with Crippen molar-refractivity contribution < 1.29 is 4.79 Å². The zero-order valence-corrected chi connectivity index (χ0v) is 7.92. The molecule has 0 spiro atoms. The largest absolute Gasteiger partial charge is 0.346 e. The molecule has 0 aromatic heterocycles. The first kappa shape index (κ1) is 10.4. The molecule has 66 valence electrons. The van der Waals surface area contributed by atoms with Gasteiger partial charge in [0.2, 0.25) is 5.91 Å². The summed E-state index contributed by atoms with van der Waals surface area (Å²) in [7, 11) is 7.84. The molecule has 1 fully saturated rings. The fourth-order valence-electron chi connectivity index (χ4n) is 0.783. The Morgan fingerprint density at radius 2 is 1.82 bits per heavy atom. The van der Waals surface area contributed by atoms with Crippen molar-refractivity contribution in [3.8, 4) is 0 Å². The van der Waals surface area contributed by atoms with Crippen molar-refractivity contribution >= 4 is 5.91 Å². The highest BCUT2D eigenvalue weighted by atomic mass is 16.2. The van der Waals surface area contributed by atoms with Crippen LogP contribution < -0.4 is 0 Å². The molecular weight excluding hydrogens is 140 g/mol. The Morgan fingerprint density at radius 1 is 1.36 bits per heavy atom. The Morgan fingerprint density at radius 3 is 1.91 bits per heavy atom. The van der Waals surface area contributed by atoms with Crippen LogP contribution in [-0.4, -0.2) is 50.4 Å². The fourth-order valence-corrected chi connectivity index (χ4v) is 0.783. The first-order chi connectivity index (χ1) is 5.04. The highest BCUT2D eigenvalue weighted by molar-refractivity contribution is 5.77. The minimum atomic E-state index is 0.292. The van der Waals surface area contributed by atoms with Crippen LogP contribution in [0.4, 0.5) is 0 Å². The second-order valence-electron chi connectivity index (χ2n) is 3.26. The van der Waals surface area contributed by atoms with Gasteiger partial charge in [0.05, 0.1) is 0 Å². The molecule has 0 aromatic rings. The van der Waals surface area contributed by atoms with Gasteiger partial charge in [0.1, 0.15) is 0 Å². The fraction of sp³-hybridized carbons (Fsp3) is 0.875. The Bertz CT molecular complexity index is 121. The molecule has 1 aliphatic rings. The van der Waals surface area contributed by atoms with E-state index in [0.29, 0.717) is 5.91 Å². The average Bonchev–Trinajstić information content (AvgIpc) is 2.15. The monoisotopic (exact) mass is 158 g/mol. The summed E-state index contributed by atoms with van der Waals surface area (Å²) in [5, 5.41) is 0. The quantitative estimate of drug-likeness (QED) is 0.510. The summed E-state index contributed by atoms with van der Waals surface area (Å²) < 4.78 is 0. The minimum Gasteiger partial charge on any atom is -0.346 e. The van der Waals surface area contributed by atoms with E-state index in [1.807, 2.05) is 33.1 Å². The summed E-state index contributed by atoms with van der Waals surface area (Å²) in [4.78, 5) is 14.3. The Hall–Kier alpha value is -0.570. The van der Waals surface area contributed by atoms with Crippen molar-refractivity contribution in [1.82, 2.24) is 9.80 Å². The Balaban J connectivity index is 0.000000218. The number of carbonyl (C=O) groups is 1. The SMILES string of the molecule is CN(C)C.CN1CCCC1=O. The molecule has 1 aliphatic heterocycles. The molecule has 1 heterocycles. The van der Waals surface area contributed by atoms with Gasteiger partial charge in [-0.05, 0) is 27.6 Å². The standard InChI is InChI=1S/C5H9NO.C3H9N/c1-6-4-2-3-5(6)7;1-4(2)3/h2-4H2,1H3;1-3H3. The minimum absolute atomic E-state index is 0.292. The van der Waals surface area contributed by atoms with Gasteiger partial charge in [0.25, 0.3) is 0 Å². The second kappa shape index (κ2) is 5.13. The molecule has 3 nitrogen and oxygen atoms in total. The van der Waals surface area contributed by atoms with E-state index in [4.69, 9.17) is 0 Å². The topological polar surface area (TPSA) is 23.6 Å². The molecule has 3 heteroatoms. The van der Waals surface area contributed by atoms with Gasteiger partial charge < -0.3 is 9.80 Å².